The molecule has 1 aliphatic heterocycles. The summed E-state index contributed by atoms with van der Waals surface area (Å²) in [7, 11) is 0. The second kappa shape index (κ2) is 6.42. The minimum atomic E-state index is -0.554. The molecule has 23 heavy (non-hydrogen) atoms. The van der Waals surface area contributed by atoms with E-state index in [0.29, 0.717) is 23.7 Å². The van der Waals surface area contributed by atoms with Crippen molar-refractivity contribution in [1.82, 2.24) is 4.98 Å². The van der Waals surface area contributed by atoms with E-state index in [1.54, 1.807) is 22.7 Å². The number of nitrogens with two attached hydrogens (primary N) is 1. The third-order valence-corrected chi connectivity index (χ3v) is 5.08. The monoisotopic (exact) mass is 327 g/mol. The van der Waals surface area contributed by atoms with Gasteiger partial charge in [0, 0.05) is 23.4 Å². The van der Waals surface area contributed by atoms with Crippen LogP contribution in [0.2, 0.25) is 0 Å². The van der Waals surface area contributed by atoms with Crippen LogP contribution < -0.4 is 10.6 Å². The number of thioether (sulfide) groups is 1. The third-order valence-electron chi connectivity index (χ3n) is 3.69. The van der Waals surface area contributed by atoms with Crippen LogP contribution in [0.4, 0.5) is 5.69 Å². The minimum Gasteiger partial charge on any atom is -0.366 e. The highest BCUT2D eigenvalue weighted by Crippen LogP contribution is 2.35. The molecule has 0 saturated heterocycles. The van der Waals surface area contributed by atoms with Crippen LogP contribution in [-0.2, 0) is 0 Å². The molecular formula is C17H17N3O2S. The average molecular weight is 327 g/mol. The summed E-state index contributed by atoms with van der Waals surface area (Å²) in [6.07, 6.45) is 1.34. The lowest BCUT2D eigenvalue weighted by molar-refractivity contribution is 0.0973. The number of fused-ring (bicyclic) bond motifs is 1. The Labute approximate surface area is 138 Å². The number of primary amides is 1. The average Bonchev–Trinajstić information content (AvgIpc) is 2.74. The lowest BCUT2D eigenvalue weighted by Crippen LogP contribution is -2.35. The van der Waals surface area contributed by atoms with Crippen molar-refractivity contribution in [3.8, 4) is 0 Å². The van der Waals surface area contributed by atoms with Gasteiger partial charge < -0.3 is 10.6 Å². The molecular weight excluding hydrogens is 310 g/mol. The van der Waals surface area contributed by atoms with E-state index in [0.717, 1.165) is 16.3 Å². The summed E-state index contributed by atoms with van der Waals surface area (Å²) < 4.78 is 0. The SMILES string of the molecule is CC1CSc2ccccc2N(C(=O)c2ccc(C(N)=O)cn2)C1. The lowest BCUT2D eigenvalue weighted by Gasteiger charge is -2.24. The predicted octanol–water partition coefficient (Wildman–Crippen LogP) is 2.57. The maximum Gasteiger partial charge on any atom is 0.276 e. The first-order chi connectivity index (χ1) is 11.1. The number of carbonyl (C=O) groups excluding carboxylic acids is 2. The number of amides is 2. The Balaban J connectivity index is 1.95. The molecule has 2 heterocycles. The zero-order valence-corrected chi connectivity index (χ0v) is 13.5. The molecule has 1 aliphatic rings. The van der Waals surface area contributed by atoms with E-state index in [1.807, 2.05) is 24.3 Å². The van der Waals surface area contributed by atoms with E-state index in [9.17, 15) is 9.59 Å². The Morgan fingerprint density at radius 2 is 2.04 bits per heavy atom. The van der Waals surface area contributed by atoms with Gasteiger partial charge in [0.15, 0.2) is 0 Å². The van der Waals surface area contributed by atoms with Gasteiger partial charge in [0.2, 0.25) is 5.91 Å². The molecule has 0 bridgehead atoms. The molecule has 3 rings (SSSR count). The van der Waals surface area contributed by atoms with Crippen molar-refractivity contribution in [3.63, 3.8) is 0 Å². The Morgan fingerprint density at radius 1 is 1.26 bits per heavy atom. The first-order valence-electron chi connectivity index (χ1n) is 7.36. The van der Waals surface area contributed by atoms with Crippen molar-refractivity contribution in [2.45, 2.75) is 11.8 Å². The van der Waals surface area contributed by atoms with Crippen molar-refractivity contribution in [2.24, 2.45) is 11.7 Å². The van der Waals surface area contributed by atoms with Crippen LogP contribution >= 0.6 is 11.8 Å². The topological polar surface area (TPSA) is 76.3 Å². The Bertz CT molecular complexity index is 746. The normalized spacial score (nSPS) is 17.3. The molecule has 0 aliphatic carbocycles. The number of pyridine rings is 1. The van der Waals surface area contributed by atoms with Gasteiger partial charge in [-0.3, -0.25) is 14.6 Å². The second-order valence-electron chi connectivity index (χ2n) is 5.60. The van der Waals surface area contributed by atoms with Gasteiger partial charge in [-0.15, -0.1) is 11.8 Å². The summed E-state index contributed by atoms with van der Waals surface area (Å²) in [5.74, 6) is 0.625. The Kier molecular flexibility index (Phi) is 4.34. The summed E-state index contributed by atoms with van der Waals surface area (Å²) in [6, 6.07) is 11.0. The van der Waals surface area contributed by atoms with Crippen LogP contribution in [0.3, 0.4) is 0 Å². The quantitative estimate of drug-likeness (QED) is 0.920. The standard InChI is InChI=1S/C17H17N3O2S/c1-11-9-20(14-4-2-3-5-15(14)23-10-11)17(22)13-7-6-12(8-19-13)16(18)21/h2-8,11H,9-10H2,1H3,(H2,18,21). The Hall–Kier alpha value is -2.34. The molecule has 1 aromatic heterocycles. The number of aromatic nitrogens is 1. The zero-order valence-electron chi connectivity index (χ0n) is 12.7. The predicted molar refractivity (Wildman–Crippen MR) is 90.8 cm³/mol. The van der Waals surface area contributed by atoms with Crippen LogP contribution in [0, 0.1) is 5.92 Å². The number of rotatable bonds is 2. The highest BCUT2D eigenvalue weighted by molar-refractivity contribution is 7.99. The minimum absolute atomic E-state index is 0.164. The molecule has 5 nitrogen and oxygen atoms in total. The second-order valence-corrected chi connectivity index (χ2v) is 6.66. The van der Waals surface area contributed by atoms with E-state index < -0.39 is 5.91 Å². The van der Waals surface area contributed by atoms with Crippen molar-refractivity contribution < 1.29 is 9.59 Å². The molecule has 118 valence electrons. The fourth-order valence-corrected chi connectivity index (χ4v) is 3.56. The zero-order chi connectivity index (χ0) is 16.4. The summed E-state index contributed by atoms with van der Waals surface area (Å²) in [6.45, 7) is 2.77. The molecule has 2 N–H and O–H groups in total. The van der Waals surface area contributed by atoms with Crippen LogP contribution in [-0.4, -0.2) is 29.1 Å². The van der Waals surface area contributed by atoms with Crippen LogP contribution in [0.25, 0.3) is 0 Å². The molecule has 1 unspecified atom stereocenters. The van der Waals surface area contributed by atoms with E-state index in [2.05, 4.69) is 11.9 Å². The highest BCUT2D eigenvalue weighted by atomic mass is 32.2. The van der Waals surface area contributed by atoms with Gasteiger partial charge in [0.05, 0.1) is 11.3 Å². The fraction of sp³-hybridized carbons (Fsp3) is 0.235. The smallest absolute Gasteiger partial charge is 0.276 e. The summed E-state index contributed by atoms with van der Waals surface area (Å²) in [5, 5.41) is 0. The van der Waals surface area contributed by atoms with Crippen molar-refractivity contribution in [1.29, 1.82) is 0 Å². The first-order valence-corrected chi connectivity index (χ1v) is 8.34. The van der Waals surface area contributed by atoms with Gasteiger partial charge in [0.25, 0.3) is 5.91 Å². The van der Waals surface area contributed by atoms with Crippen molar-refractivity contribution in [2.75, 3.05) is 17.2 Å². The van der Waals surface area contributed by atoms with E-state index in [4.69, 9.17) is 5.73 Å². The molecule has 1 atom stereocenters. The molecule has 0 saturated carbocycles. The molecule has 0 radical (unpaired) electrons. The number of benzene rings is 1. The Morgan fingerprint density at radius 3 is 2.74 bits per heavy atom. The number of hydrogen-bond donors (Lipinski definition) is 1. The summed E-state index contributed by atoms with van der Waals surface area (Å²) >= 11 is 1.76. The van der Waals surface area contributed by atoms with Crippen LogP contribution in [0.15, 0.2) is 47.5 Å². The maximum atomic E-state index is 12.9. The largest absolute Gasteiger partial charge is 0.366 e. The molecule has 0 spiro atoms. The molecule has 2 amide bonds. The number of carbonyl (C=O) groups is 2. The number of hydrogen-bond acceptors (Lipinski definition) is 4. The molecule has 6 heteroatoms. The molecule has 2 aromatic rings. The van der Waals surface area contributed by atoms with Gasteiger partial charge in [-0.25, -0.2) is 0 Å². The van der Waals surface area contributed by atoms with Gasteiger partial charge in [-0.1, -0.05) is 19.1 Å². The van der Waals surface area contributed by atoms with Gasteiger partial charge in [0.1, 0.15) is 5.69 Å². The first kappa shape index (κ1) is 15.6. The van der Waals surface area contributed by atoms with E-state index in [-0.39, 0.29) is 5.91 Å². The van der Waals surface area contributed by atoms with E-state index >= 15 is 0 Å². The fourth-order valence-electron chi connectivity index (χ4n) is 2.49. The number of para-hydroxylation sites is 1. The maximum absolute atomic E-state index is 12.9. The summed E-state index contributed by atoms with van der Waals surface area (Å²) in [4.78, 5) is 31.0. The van der Waals surface area contributed by atoms with E-state index in [1.165, 1.54) is 12.3 Å². The highest BCUT2D eigenvalue weighted by Gasteiger charge is 2.26. The molecule has 0 fully saturated rings. The molecule has 1 aromatic carbocycles. The van der Waals surface area contributed by atoms with Crippen molar-refractivity contribution in [3.05, 3.63) is 53.9 Å². The number of nitrogens with zero attached hydrogens (tertiary/aromatic N) is 2. The lowest BCUT2D eigenvalue weighted by atomic mass is 10.1. The van der Waals surface area contributed by atoms with Gasteiger partial charge in [-0.05, 0) is 30.2 Å². The van der Waals surface area contributed by atoms with Gasteiger partial charge >= 0.3 is 0 Å². The third kappa shape index (κ3) is 3.22. The van der Waals surface area contributed by atoms with Crippen LogP contribution in [0.1, 0.15) is 27.8 Å². The summed E-state index contributed by atoms with van der Waals surface area (Å²) in [5.41, 5.74) is 6.72. The van der Waals surface area contributed by atoms with Crippen LogP contribution in [0.5, 0.6) is 0 Å². The number of anilines is 1. The van der Waals surface area contributed by atoms with Crippen molar-refractivity contribution >= 4 is 29.3 Å². The van der Waals surface area contributed by atoms with Gasteiger partial charge in [-0.2, -0.15) is 0 Å².